The van der Waals surface area contributed by atoms with Crippen molar-refractivity contribution in [3.8, 4) is 0 Å². The van der Waals surface area contributed by atoms with E-state index in [1.807, 2.05) is 13.8 Å². The largest absolute Gasteiger partial charge is 0.476 e. The van der Waals surface area contributed by atoms with Crippen molar-refractivity contribution in [3.05, 3.63) is 11.4 Å². The minimum atomic E-state index is -1.32. The molecule has 0 atom stereocenters. The molecule has 110 valence electrons. The van der Waals surface area contributed by atoms with Gasteiger partial charge in [-0.1, -0.05) is 13.8 Å². The zero-order valence-corrected chi connectivity index (χ0v) is 11.4. The number of rotatable bonds is 8. The average Bonchev–Trinajstić information content (AvgIpc) is 2.41. The lowest BCUT2D eigenvalue weighted by molar-refractivity contribution is 0.0686. The number of anilines is 2. The fraction of sp³-hybridized carbons (Fsp3) is 0.500. The van der Waals surface area contributed by atoms with Crippen LogP contribution >= 0.6 is 0 Å². The Labute approximate surface area is 116 Å². The maximum atomic E-state index is 11.1. The molecule has 0 saturated carbocycles. The molecule has 0 amide bonds. The molecule has 0 aliphatic heterocycles. The fourth-order valence-electron chi connectivity index (χ4n) is 1.47. The number of aromatic carboxylic acids is 2. The molecule has 0 saturated heterocycles. The maximum Gasteiger partial charge on any atom is 0.358 e. The Morgan fingerprint density at radius 2 is 1.30 bits per heavy atom. The van der Waals surface area contributed by atoms with Crippen molar-refractivity contribution in [2.24, 2.45) is 0 Å². The second-order valence-electron chi connectivity index (χ2n) is 4.08. The number of hydrogen-bond acceptors (Lipinski definition) is 6. The van der Waals surface area contributed by atoms with Gasteiger partial charge in [0.15, 0.2) is 23.0 Å². The first kappa shape index (κ1) is 15.7. The van der Waals surface area contributed by atoms with Crippen LogP contribution < -0.4 is 10.6 Å². The normalized spacial score (nSPS) is 10.1. The Balaban J connectivity index is 3.27. The second kappa shape index (κ2) is 7.27. The van der Waals surface area contributed by atoms with E-state index < -0.39 is 23.3 Å². The van der Waals surface area contributed by atoms with Gasteiger partial charge < -0.3 is 20.8 Å². The van der Waals surface area contributed by atoms with Gasteiger partial charge in [-0.15, -0.1) is 0 Å². The van der Waals surface area contributed by atoms with Gasteiger partial charge in [0.05, 0.1) is 0 Å². The fourth-order valence-corrected chi connectivity index (χ4v) is 1.47. The summed E-state index contributed by atoms with van der Waals surface area (Å²) in [5, 5.41) is 23.8. The van der Waals surface area contributed by atoms with E-state index in [0.29, 0.717) is 13.1 Å². The van der Waals surface area contributed by atoms with Crippen molar-refractivity contribution >= 4 is 23.6 Å². The van der Waals surface area contributed by atoms with Crippen LogP contribution in [0.25, 0.3) is 0 Å². The number of carboxylic acids is 2. The third kappa shape index (κ3) is 3.81. The second-order valence-corrected chi connectivity index (χ2v) is 4.08. The summed E-state index contributed by atoms with van der Waals surface area (Å²) in [6, 6.07) is 0. The molecule has 0 spiro atoms. The third-order valence-corrected chi connectivity index (χ3v) is 2.39. The zero-order chi connectivity index (χ0) is 15.1. The van der Waals surface area contributed by atoms with Crippen LogP contribution in [0, 0.1) is 0 Å². The van der Waals surface area contributed by atoms with Crippen molar-refractivity contribution in [1.29, 1.82) is 0 Å². The summed E-state index contributed by atoms with van der Waals surface area (Å²) in [7, 11) is 0. The van der Waals surface area contributed by atoms with Crippen LogP contribution in [-0.2, 0) is 0 Å². The van der Waals surface area contributed by atoms with Gasteiger partial charge in [-0.25, -0.2) is 19.6 Å². The van der Waals surface area contributed by atoms with Crippen molar-refractivity contribution in [1.82, 2.24) is 9.97 Å². The highest BCUT2D eigenvalue weighted by atomic mass is 16.4. The van der Waals surface area contributed by atoms with Crippen molar-refractivity contribution < 1.29 is 19.8 Å². The first-order chi connectivity index (χ1) is 9.51. The topological polar surface area (TPSA) is 124 Å². The minimum Gasteiger partial charge on any atom is -0.476 e. The summed E-state index contributed by atoms with van der Waals surface area (Å²) in [6.07, 6.45) is 1.55. The number of hydrogen-bond donors (Lipinski definition) is 4. The molecule has 0 aromatic carbocycles. The summed E-state index contributed by atoms with van der Waals surface area (Å²) >= 11 is 0. The summed E-state index contributed by atoms with van der Waals surface area (Å²) in [5.74, 6) is -2.49. The SMILES string of the molecule is CCCNc1nc(NCCC)c(C(=O)O)nc1C(=O)O. The predicted octanol–water partition coefficient (Wildman–Crippen LogP) is 1.52. The Morgan fingerprint density at radius 3 is 1.60 bits per heavy atom. The molecule has 1 rings (SSSR count). The lowest BCUT2D eigenvalue weighted by Gasteiger charge is -2.12. The third-order valence-electron chi connectivity index (χ3n) is 2.39. The Kier molecular flexibility index (Phi) is 5.70. The number of nitrogens with one attached hydrogen (secondary N) is 2. The van der Waals surface area contributed by atoms with E-state index in [9.17, 15) is 9.59 Å². The molecule has 1 aromatic rings. The highest BCUT2D eigenvalue weighted by Crippen LogP contribution is 2.18. The quantitative estimate of drug-likeness (QED) is 0.565. The first-order valence-electron chi connectivity index (χ1n) is 6.37. The predicted molar refractivity (Wildman–Crippen MR) is 73.5 cm³/mol. The van der Waals surface area contributed by atoms with Crippen LogP contribution in [0.15, 0.2) is 0 Å². The molecule has 0 radical (unpaired) electrons. The van der Waals surface area contributed by atoms with Crippen LogP contribution in [0.3, 0.4) is 0 Å². The molecular weight excluding hydrogens is 264 g/mol. The molecule has 0 unspecified atom stereocenters. The van der Waals surface area contributed by atoms with Crippen LogP contribution in [-0.4, -0.2) is 45.2 Å². The maximum absolute atomic E-state index is 11.1. The van der Waals surface area contributed by atoms with Gasteiger partial charge in [-0.05, 0) is 12.8 Å². The van der Waals surface area contributed by atoms with E-state index in [-0.39, 0.29) is 11.6 Å². The Bertz CT molecular complexity index is 463. The average molecular weight is 282 g/mol. The number of aromatic nitrogens is 2. The molecule has 4 N–H and O–H groups in total. The molecule has 8 heteroatoms. The zero-order valence-electron chi connectivity index (χ0n) is 11.4. The van der Waals surface area contributed by atoms with Crippen LogP contribution in [0.5, 0.6) is 0 Å². The van der Waals surface area contributed by atoms with Gasteiger partial charge in [0.1, 0.15) is 0 Å². The summed E-state index contributed by atoms with van der Waals surface area (Å²) in [6.45, 7) is 4.88. The molecular formula is C12H18N4O4. The van der Waals surface area contributed by atoms with E-state index in [1.54, 1.807) is 0 Å². The molecule has 1 heterocycles. The molecule has 0 fully saturated rings. The molecule has 0 aliphatic rings. The first-order valence-corrected chi connectivity index (χ1v) is 6.37. The van der Waals surface area contributed by atoms with E-state index >= 15 is 0 Å². The summed E-state index contributed by atoms with van der Waals surface area (Å²) in [5.41, 5.74) is -0.782. The van der Waals surface area contributed by atoms with Gasteiger partial charge in [0.25, 0.3) is 0 Å². The molecule has 8 nitrogen and oxygen atoms in total. The van der Waals surface area contributed by atoms with E-state index in [0.717, 1.165) is 12.8 Å². The van der Waals surface area contributed by atoms with Crippen LogP contribution in [0.4, 0.5) is 11.6 Å². The molecule has 0 aliphatic carbocycles. The van der Waals surface area contributed by atoms with Crippen LogP contribution in [0.2, 0.25) is 0 Å². The van der Waals surface area contributed by atoms with Gasteiger partial charge in [-0.3, -0.25) is 0 Å². The minimum absolute atomic E-state index is 0.0722. The van der Waals surface area contributed by atoms with Gasteiger partial charge in [-0.2, -0.15) is 0 Å². The number of nitrogens with zero attached hydrogens (tertiary/aromatic N) is 2. The number of carboxylic acid groups (broad SMARTS) is 2. The van der Waals surface area contributed by atoms with E-state index in [1.165, 1.54) is 0 Å². The van der Waals surface area contributed by atoms with Crippen molar-refractivity contribution in [3.63, 3.8) is 0 Å². The highest BCUT2D eigenvalue weighted by Gasteiger charge is 2.22. The molecule has 1 aromatic heterocycles. The van der Waals surface area contributed by atoms with Gasteiger partial charge in [0.2, 0.25) is 0 Å². The van der Waals surface area contributed by atoms with Gasteiger partial charge in [0, 0.05) is 13.1 Å². The van der Waals surface area contributed by atoms with Gasteiger partial charge >= 0.3 is 11.9 Å². The monoisotopic (exact) mass is 282 g/mol. The summed E-state index contributed by atoms with van der Waals surface area (Å²) in [4.78, 5) is 30.0. The highest BCUT2D eigenvalue weighted by molar-refractivity contribution is 5.96. The lowest BCUT2D eigenvalue weighted by Crippen LogP contribution is -2.18. The van der Waals surface area contributed by atoms with Crippen molar-refractivity contribution in [2.45, 2.75) is 26.7 Å². The molecule has 0 bridgehead atoms. The number of carbonyl (C=O) groups is 2. The Hall–Kier alpha value is -2.38. The van der Waals surface area contributed by atoms with E-state index in [2.05, 4.69) is 20.6 Å². The van der Waals surface area contributed by atoms with Crippen LogP contribution in [0.1, 0.15) is 47.7 Å². The molecule has 20 heavy (non-hydrogen) atoms. The standard InChI is InChI=1S/C12H18N4O4/c1-3-5-13-9-7(11(17)18)15-8(12(19)20)10(16-9)14-6-4-2/h3-6H2,1-2H3,(H,17,18)(H,19,20)(H2,13,14,16). The lowest BCUT2D eigenvalue weighted by atomic mass is 10.3. The Morgan fingerprint density at radius 1 is 0.900 bits per heavy atom. The van der Waals surface area contributed by atoms with E-state index in [4.69, 9.17) is 10.2 Å². The smallest absolute Gasteiger partial charge is 0.358 e. The summed E-state index contributed by atoms with van der Waals surface area (Å²) < 4.78 is 0. The van der Waals surface area contributed by atoms with Crippen molar-refractivity contribution in [2.75, 3.05) is 23.7 Å².